The first kappa shape index (κ1) is 12.6. The van der Waals surface area contributed by atoms with E-state index in [-0.39, 0.29) is 5.91 Å². The third-order valence-corrected chi connectivity index (χ3v) is 3.49. The van der Waals surface area contributed by atoms with Crippen LogP contribution in [0.3, 0.4) is 0 Å². The number of rotatable bonds is 4. The molecule has 0 aliphatic rings. The predicted molar refractivity (Wildman–Crippen MR) is 73.7 cm³/mol. The van der Waals surface area contributed by atoms with Gasteiger partial charge in [0.15, 0.2) is 0 Å². The minimum absolute atomic E-state index is 0.0988. The van der Waals surface area contributed by atoms with E-state index in [1.807, 2.05) is 18.4 Å². The lowest BCUT2D eigenvalue weighted by Gasteiger charge is -2.06. The van der Waals surface area contributed by atoms with Crippen molar-refractivity contribution in [3.63, 3.8) is 0 Å². The second-order valence-corrected chi connectivity index (χ2v) is 4.98. The summed E-state index contributed by atoms with van der Waals surface area (Å²) in [5.41, 5.74) is 7.99. The standard InChI is InChI=1S/C13H15N3OS/c1-9-2-3-10(8-11(9)14)13(17)16-5-4-12-15-6-7-18-12/h2-3,6-8H,4-5,14H2,1H3,(H,16,17). The van der Waals surface area contributed by atoms with Gasteiger partial charge in [-0.15, -0.1) is 11.3 Å². The maximum absolute atomic E-state index is 11.9. The highest BCUT2D eigenvalue weighted by atomic mass is 32.1. The molecule has 0 saturated carbocycles. The van der Waals surface area contributed by atoms with Crippen LogP contribution in [0.25, 0.3) is 0 Å². The molecule has 5 heteroatoms. The molecule has 1 amide bonds. The molecule has 0 atom stereocenters. The van der Waals surface area contributed by atoms with Crippen LogP contribution in [-0.4, -0.2) is 17.4 Å². The van der Waals surface area contributed by atoms with Crippen molar-refractivity contribution in [2.75, 3.05) is 12.3 Å². The van der Waals surface area contributed by atoms with Crippen molar-refractivity contribution in [2.45, 2.75) is 13.3 Å². The second-order valence-electron chi connectivity index (χ2n) is 4.00. The summed E-state index contributed by atoms with van der Waals surface area (Å²) in [5.74, 6) is -0.0988. The minimum Gasteiger partial charge on any atom is -0.398 e. The maximum atomic E-state index is 11.9. The molecule has 0 aliphatic heterocycles. The van der Waals surface area contributed by atoms with Crippen LogP contribution >= 0.6 is 11.3 Å². The van der Waals surface area contributed by atoms with Gasteiger partial charge < -0.3 is 11.1 Å². The molecule has 0 spiro atoms. The summed E-state index contributed by atoms with van der Waals surface area (Å²) < 4.78 is 0. The molecule has 0 unspecified atom stereocenters. The van der Waals surface area contributed by atoms with Gasteiger partial charge in [0.25, 0.3) is 5.91 Å². The van der Waals surface area contributed by atoms with Crippen LogP contribution in [-0.2, 0) is 6.42 Å². The quantitative estimate of drug-likeness (QED) is 0.827. The number of benzene rings is 1. The van der Waals surface area contributed by atoms with E-state index in [0.717, 1.165) is 17.0 Å². The van der Waals surface area contributed by atoms with Crippen molar-refractivity contribution >= 4 is 22.9 Å². The SMILES string of the molecule is Cc1ccc(C(=O)NCCc2nccs2)cc1N. The number of thiazole rings is 1. The van der Waals surface area contributed by atoms with Gasteiger partial charge in [-0.2, -0.15) is 0 Å². The zero-order valence-electron chi connectivity index (χ0n) is 10.1. The molecule has 2 rings (SSSR count). The van der Waals surface area contributed by atoms with Crippen LogP contribution < -0.4 is 11.1 Å². The van der Waals surface area contributed by atoms with Crippen molar-refractivity contribution in [1.29, 1.82) is 0 Å². The van der Waals surface area contributed by atoms with Gasteiger partial charge in [-0.05, 0) is 24.6 Å². The lowest BCUT2D eigenvalue weighted by molar-refractivity contribution is 0.0954. The Balaban J connectivity index is 1.89. The van der Waals surface area contributed by atoms with E-state index in [9.17, 15) is 4.79 Å². The Morgan fingerprint density at radius 1 is 1.50 bits per heavy atom. The first-order chi connectivity index (χ1) is 8.66. The Morgan fingerprint density at radius 3 is 3.00 bits per heavy atom. The van der Waals surface area contributed by atoms with Crippen molar-refractivity contribution in [2.24, 2.45) is 0 Å². The summed E-state index contributed by atoms with van der Waals surface area (Å²) in [7, 11) is 0. The normalized spacial score (nSPS) is 10.3. The molecule has 3 N–H and O–H groups in total. The van der Waals surface area contributed by atoms with Gasteiger partial charge in [0.2, 0.25) is 0 Å². The van der Waals surface area contributed by atoms with E-state index in [1.54, 1.807) is 29.7 Å². The number of anilines is 1. The number of hydrogen-bond donors (Lipinski definition) is 2. The molecule has 1 aromatic heterocycles. The average Bonchev–Trinajstić information content (AvgIpc) is 2.85. The number of nitrogen functional groups attached to an aromatic ring is 1. The fraction of sp³-hybridized carbons (Fsp3) is 0.231. The molecule has 0 fully saturated rings. The van der Waals surface area contributed by atoms with Gasteiger partial charge in [0.1, 0.15) is 0 Å². The van der Waals surface area contributed by atoms with Crippen LogP contribution in [0.1, 0.15) is 20.9 Å². The van der Waals surface area contributed by atoms with Crippen molar-refractivity contribution in [3.05, 3.63) is 45.9 Å². The molecule has 4 nitrogen and oxygen atoms in total. The predicted octanol–water partition coefficient (Wildman–Crippen LogP) is 2.01. The lowest BCUT2D eigenvalue weighted by Crippen LogP contribution is -2.25. The van der Waals surface area contributed by atoms with Gasteiger partial charge in [0.05, 0.1) is 5.01 Å². The number of carbonyl (C=O) groups excluding carboxylic acids is 1. The van der Waals surface area contributed by atoms with Crippen LogP contribution in [0.5, 0.6) is 0 Å². The Labute approximate surface area is 110 Å². The first-order valence-electron chi connectivity index (χ1n) is 5.69. The van der Waals surface area contributed by atoms with Gasteiger partial charge in [-0.25, -0.2) is 4.98 Å². The molecule has 0 saturated heterocycles. The molecule has 18 heavy (non-hydrogen) atoms. The number of hydrogen-bond acceptors (Lipinski definition) is 4. The zero-order valence-corrected chi connectivity index (χ0v) is 11.0. The highest BCUT2D eigenvalue weighted by molar-refractivity contribution is 7.09. The molecule has 0 aliphatic carbocycles. The topological polar surface area (TPSA) is 68.0 Å². The van der Waals surface area contributed by atoms with Crippen LogP contribution in [0.4, 0.5) is 5.69 Å². The monoisotopic (exact) mass is 261 g/mol. The Hall–Kier alpha value is -1.88. The summed E-state index contributed by atoms with van der Waals surface area (Å²) in [4.78, 5) is 16.0. The molecular weight excluding hydrogens is 246 g/mol. The van der Waals surface area contributed by atoms with E-state index in [4.69, 9.17) is 5.73 Å². The van der Waals surface area contributed by atoms with Crippen molar-refractivity contribution in [1.82, 2.24) is 10.3 Å². The molecule has 0 bridgehead atoms. The first-order valence-corrected chi connectivity index (χ1v) is 6.57. The van der Waals surface area contributed by atoms with Gasteiger partial charge in [-0.3, -0.25) is 4.79 Å². The smallest absolute Gasteiger partial charge is 0.251 e. The van der Waals surface area contributed by atoms with Crippen LogP contribution in [0, 0.1) is 6.92 Å². The summed E-state index contributed by atoms with van der Waals surface area (Å²) in [5, 5.41) is 5.81. The van der Waals surface area contributed by atoms with Gasteiger partial charge in [-0.1, -0.05) is 6.07 Å². The summed E-state index contributed by atoms with van der Waals surface area (Å²) in [6.07, 6.45) is 2.52. The molecule has 94 valence electrons. The minimum atomic E-state index is -0.0988. The fourth-order valence-corrected chi connectivity index (χ4v) is 2.16. The lowest BCUT2D eigenvalue weighted by atomic mass is 10.1. The van der Waals surface area contributed by atoms with Crippen LogP contribution in [0.2, 0.25) is 0 Å². The Kier molecular flexibility index (Phi) is 3.94. The Morgan fingerprint density at radius 2 is 2.33 bits per heavy atom. The molecule has 0 radical (unpaired) electrons. The third-order valence-electron chi connectivity index (χ3n) is 2.65. The van der Waals surface area contributed by atoms with E-state index >= 15 is 0 Å². The number of nitrogens with one attached hydrogen (secondary N) is 1. The number of nitrogens with zero attached hydrogens (tertiary/aromatic N) is 1. The van der Waals surface area contributed by atoms with Crippen LogP contribution in [0.15, 0.2) is 29.8 Å². The number of aromatic nitrogens is 1. The summed E-state index contributed by atoms with van der Waals surface area (Å²) in [6, 6.07) is 5.34. The highest BCUT2D eigenvalue weighted by Crippen LogP contribution is 2.12. The summed E-state index contributed by atoms with van der Waals surface area (Å²) in [6.45, 7) is 2.50. The number of amides is 1. The maximum Gasteiger partial charge on any atom is 0.251 e. The molecule has 2 aromatic rings. The van der Waals surface area contributed by atoms with Gasteiger partial charge >= 0.3 is 0 Å². The van der Waals surface area contributed by atoms with E-state index in [2.05, 4.69) is 10.3 Å². The largest absolute Gasteiger partial charge is 0.398 e. The number of carbonyl (C=O) groups is 1. The number of nitrogens with two attached hydrogens (primary N) is 1. The second kappa shape index (κ2) is 5.64. The highest BCUT2D eigenvalue weighted by Gasteiger charge is 2.06. The average molecular weight is 261 g/mol. The van der Waals surface area contributed by atoms with E-state index < -0.39 is 0 Å². The molecule has 1 heterocycles. The van der Waals surface area contributed by atoms with Gasteiger partial charge in [0, 0.05) is 35.8 Å². The van der Waals surface area contributed by atoms with E-state index in [0.29, 0.717) is 17.8 Å². The summed E-state index contributed by atoms with van der Waals surface area (Å²) >= 11 is 1.59. The van der Waals surface area contributed by atoms with Crippen molar-refractivity contribution in [3.8, 4) is 0 Å². The molecular formula is C13H15N3OS. The fourth-order valence-electron chi connectivity index (χ4n) is 1.54. The Bertz CT molecular complexity index is 537. The third kappa shape index (κ3) is 3.07. The number of aryl methyl sites for hydroxylation is 1. The zero-order chi connectivity index (χ0) is 13.0. The van der Waals surface area contributed by atoms with E-state index in [1.165, 1.54) is 0 Å². The van der Waals surface area contributed by atoms with Crippen molar-refractivity contribution < 1.29 is 4.79 Å². The molecule has 1 aromatic carbocycles.